The number of hydrogen-bond acceptors (Lipinski definition) is 4. The van der Waals surface area contributed by atoms with Gasteiger partial charge in [-0.05, 0) is 49.6 Å². The van der Waals surface area contributed by atoms with Crippen molar-refractivity contribution in [3.05, 3.63) is 59.7 Å². The molecule has 0 saturated carbocycles. The number of sulfonamides is 1. The van der Waals surface area contributed by atoms with Crippen molar-refractivity contribution in [3.8, 4) is 0 Å². The topological polar surface area (TPSA) is 86.8 Å². The Morgan fingerprint density at radius 1 is 0.970 bits per heavy atom. The lowest BCUT2D eigenvalue weighted by Crippen LogP contribution is -2.32. The molecule has 2 aliphatic heterocycles. The van der Waals surface area contributed by atoms with Gasteiger partial charge in [-0.3, -0.25) is 9.59 Å². The van der Waals surface area contributed by atoms with Crippen LogP contribution in [0, 0.1) is 12.8 Å². The fourth-order valence-corrected chi connectivity index (χ4v) is 5.92. The van der Waals surface area contributed by atoms with E-state index in [1.165, 1.54) is 0 Å². The SMILES string of the molecule is Cc1ccc(CN2C[C@H](C(=O)Nc3ccc(S(=O)(=O)N4CCCCCC4)cc3)CC2=O)cc1. The molecule has 0 aliphatic carbocycles. The van der Waals surface area contributed by atoms with Gasteiger partial charge in [-0.25, -0.2) is 8.42 Å². The zero-order valence-electron chi connectivity index (χ0n) is 19.0. The molecule has 0 bridgehead atoms. The Bertz CT molecular complexity index is 1090. The summed E-state index contributed by atoms with van der Waals surface area (Å²) in [6.45, 7) is 3.99. The lowest BCUT2D eigenvalue weighted by Gasteiger charge is -2.20. The van der Waals surface area contributed by atoms with E-state index in [0.717, 1.165) is 36.8 Å². The molecule has 0 spiro atoms. The quantitative estimate of drug-likeness (QED) is 0.701. The minimum Gasteiger partial charge on any atom is -0.338 e. The fraction of sp³-hybridized carbons (Fsp3) is 0.440. The number of nitrogens with zero attached hydrogens (tertiary/aromatic N) is 2. The van der Waals surface area contributed by atoms with E-state index in [-0.39, 0.29) is 23.1 Å². The van der Waals surface area contributed by atoms with Crippen molar-refractivity contribution in [1.29, 1.82) is 0 Å². The molecular formula is C25H31N3O4S. The van der Waals surface area contributed by atoms with Gasteiger partial charge in [0.1, 0.15) is 0 Å². The van der Waals surface area contributed by atoms with Crippen LogP contribution in [0.2, 0.25) is 0 Å². The molecule has 0 radical (unpaired) electrons. The highest BCUT2D eigenvalue weighted by Crippen LogP contribution is 2.24. The fourth-order valence-electron chi connectivity index (χ4n) is 4.40. The third kappa shape index (κ3) is 5.62. The Hall–Kier alpha value is -2.71. The van der Waals surface area contributed by atoms with E-state index < -0.39 is 15.9 Å². The Morgan fingerprint density at radius 2 is 1.61 bits per heavy atom. The van der Waals surface area contributed by atoms with Crippen LogP contribution in [-0.4, -0.2) is 49.1 Å². The first-order valence-corrected chi connectivity index (χ1v) is 13.0. The van der Waals surface area contributed by atoms with Crippen LogP contribution in [0.5, 0.6) is 0 Å². The number of benzene rings is 2. The summed E-state index contributed by atoms with van der Waals surface area (Å²) in [7, 11) is -3.52. The number of anilines is 1. The molecule has 176 valence electrons. The van der Waals surface area contributed by atoms with Crippen LogP contribution in [0.1, 0.15) is 43.2 Å². The van der Waals surface area contributed by atoms with E-state index in [1.54, 1.807) is 33.5 Å². The maximum atomic E-state index is 12.9. The normalized spacial score (nSPS) is 20.0. The third-order valence-corrected chi connectivity index (χ3v) is 8.32. The zero-order chi connectivity index (χ0) is 23.4. The maximum Gasteiger partial charge on any atom is 0.243 e. The van der Waals surface area contributed by atoms with Crippen LogP contribution in [0.4, 0.5) is 5.69 Å². The largest absolute Gasteiger partial charge is 0.338 e. The van der Waals surface area contributed by atoms with Gasteiger partial charge >= 0.3 is 0 Å². The van der Waals surface area contributed by atoms with E-state index in [9.17, 15) is 18.0 Å². The van der Waals surface area contributed by atoms with E-state index in [0.29, 0.717) is 31.9 Å². The minimum absolute atomic E-state index is 0.0328. The highest BCUT2D eigenvalue weighted by molar-refractivity contribution is 7.89. The number of amides is 2. The van der Waals surface area contributed by atoms with Gasteiger partial charge in [-0.15, -0.1) is 0 Å². The van der Waals surface area contributed by atoms with Crippen molar-refractivity contribution in [2.75, 3.05) is 25.0 Å². The van der Waals surface area contributed by atoms with Crippen molar-refractivity contribution in [3.63, 3.8) is 0 Å². The predicted octanol–water partition coefficient (Wildman–Crippen LogP) is 3.55. The van der Waals surface area contributed by atoms with Gasteiger partial charge in [0.15, 0.2) is 0 Å². The smallest absolute Gasteiger partial charge is 0.243 e. The van der Waals surface area contributed by atoms with Gasteiger partial charge in [-0.1, -0.05) is 42.7 Å². The number of hydrogen-bond donors (Lipinski definition) is 1. The first-order valence-electron chi connectivity index (χ1n) is 11.6. The van der Waals surface area contributed by atoms with Crippen molar-refractivity contribution in [2.45, 2.75) is 50.5 Å². The molecule has 7 nitrogen and oxygen atoms in total. The molecular weight excluding hydrogens is 438 g/mol. The average molecular weight is 470 g/mol. The molecule has 2 fully saturated rings. The Morgan fingerprint density at radius 3 is 2.24 bits per heavy atom. The monoisotopic (exact) mass is 469 g/mol. The van der Waals surface area contributed by atoms with Crippen LogP contribution in [0.3, 0.4) is 0 Å². The summed E-state index contributed by atoms with van der Waals surface area (Å²) >= 11 is 0. The molecule has 2 aliphatic rings. The van der Waals surface area contributed by atoms with Gasteiger partial charge in [-0.2, -0.15) is 4.31 Å². The van der Waals surface area contributed by atoms with Gasteiger partial charge in [0.25, 0.3) is 0 Å². The van der Waals surface area contributed by atoms with Gasteiger partial charge in [0.2, 0.25) is 21.8 Å². The van der Waals surface area contributed by atoms with E-state index in [2.05, 4.69) is 5.32 Å². The Kier molecular flexibility index (Phi) is 7.14. The highest BCUT2D eigenvalue weighted by atomic mass is 32.2. The number of likely N-dealkylation sites (tertiary alicyclic amines) is 1. The van der Waals surface area contributed by atoms with Crippen LogP contribution in [0.15, 0.2) is 53.4 Å². The summed E-state index contributed by atoms with van der Waals surface area (Å²) in [5, 5.41) is 2.84. The van der Waals surface area contributed by atoms with Gasteiger partial charge in [0, 0.05) is 38.3 Å². The van der Waals surface area contributed by atoms with E-state index in [1.807, 2.05) is 31.2 Å². The van der Waals surface area contributed by atoms with Crippen LogP contribution < -0.4 is 5.32 Å². The summed E-state index contributed by atoms with van der Waals surface area (Å²) in [6.07, 6.45) is 4.06. The van der Waals surface area contributed by atoms with Gasteiger partial charge in [0.05, 0.1) is 10.8 Å². The number of nitrogens with one attached hydrogen (secondary N) is 1. The lowest BCUT2D eigenvalue weighted by molar-refractivity contribution is -0.128. The second kappa shape index (κ2) is 10.1. The summed E-state index contributed by atoms with van der Waals surface area (Å²) < 4.78 is 27.4. The van der Waals surface area contributed by atoms with Crippen molar-refractivity contribution >= 4 is 27.5 Å². The molecule has 1 N–H and O–H groups in total. The van der Waals surface area contributed by atoms with E-state index >= 15 is 0 Å². The predicted molar refractivity (Wildman–Crippen MR) is 127 cm³/mol. The molecule has 33 heavy (non-hydrogen) atoms. The summed E-state index contributed by atoms with van der Waals surface area (Å²) in [6, 6.07) is 14.3. The molecule has 2 heterocycles. The van der Waals surface area contributed by atoms with E-state index in [4.69, 9.17) is 0 Å². The number of carbonyl (C=O) groups excluding carboxylic acids is 2. The Labute approximate surface area is 195 Å². The van der Waals surface area contributed by atoms with Crippen LogP contribution in [0.25, 0.3) is 0 Å². The average Bonchev–Trinajstić information content (AvgIpc) is 2.99. The maximum absolute atomic E-state index is 12.9. The lowest BCUT2D eigenvalue weighted by atomic mass is 10.1. The minimum atomic E-state index is -3.52. The summed E-state index contributed by atoms with van der Waals surface area (Å²) in [4.78, 5) is 27.1. The molecule has 2 aromatic carbocycles. The first-order chi connectivity index (χ1) is 15.8. The zero-order valence-corrected chi connectivity index (χ0v) is 19.8. The van der Waals surface area contributed by atoms with Gasteiger partial charge < -0.3 is 10.2 Å². The second-order valence-corrected chi connectivity index (χ2v) is 10.9. The highest BCUT2D eigenvalue weighted by Gasteiger charge is 2.34. The summed E-state index contributed by atoms with van der Waals surface area (Å²) in [5.41, 5.74) is 2.73. The molecule has 4 rings (SSSR count). The van der Waals surface area contributed by atoms with Crippen molar-refractivity contribution in [2.24, 2.45) is 5.92 Å². The summed E-state index contributed by atoms with van der Waals surface area (Å²) in [5.74, 6) is -0.684. The molecule has 2 amide bonds. The molecule has 0 aromatic heterocycles. The van der Waals surface area contributed by atoms with Crippen LogP contribution >= 0.6 is 0 Å². The number of rotatable bonds is 6. The third-order valence-electron chi connectivity index (χ3n) is 6.40. The molecule has 1 atom stereocenters. The second-order valence-electron chi connectivity index (χ2n) is 8.99. The van der Waals surface area contributed by atoms with Crippen LogP contribution in [-0.2, 0) is 26.2 Å². The standard InChI is InChI=1S/C25H31N3O4S/c1-19-6-8-20(9-7-19)17-27-18-21(16-24(27)29)25(30)26-22-10-12-23(13-11-22)33(31,32)28-14-4-2-3-5-15-28/h6-13,21H,2-5,14-18H2,1H3,(H,26,30)/t21-/m1/s1. The molecule has 2 saturated heterocycles. The molecule has 8 heteroatoms. The molecule has 2 aromatic rings. The van der Waals surface area contributed by atoms with Crippen molar-refractivity contribution in [1.82, 2.24) is 9.21 Å². The molecule has 0 unspecified atom stereocenters. The first kappa shape index (κ1) is 23.4. The number of carbonyl (C=O) groups is 2. The Balaban J connectivity index is 1.35. The van der Waals surface area contributed by atoms with Crippen molar-refractivity contribution < 1.29 is 18.0 Å². The number of aryl methyl sites for hydroxylation is 1.